The summed E-state index contributed by atoms with van der Waals surface area (Å²) in [5.74, 6) is 0. The van der Waals surface area contributed by atoms with E-state index in [0.717, 1.165) is 31.9 Å². The van der Waals surface area contributed by atoms with Crippen molar-refractivity contribution in [1.82, 2.24) is 14.9 Å². The van der Waals surface area contributed by atoms with E-state index in [4.69, 9.17) is 10.5 Å². The van der Waals surface area contributed by atoms with Crippen molar-refractivity contribution in [3.05, 3.63) is 18.2 Å². The Bertz CT molecular complexity index is 307. The summed E-state index contributed by atoms with van der Waals surface area (Å²) in [4.78, 5) is 4.30. The minimum atomic E-state index is 0.395. The maximum atomic E-state index is 5.53. The second-order valence-electron chi connectivity index (χ2n) is 4.16. The first-order valence-corrected chi connectivity index (χ1v) is 5.91. The highest BCUT2D eigenvalue weighted by Crippen LogP contribution is 2.10. The zero-order valence-corrected chi connectivity index (χ0v) is 9.56. The molecule has 1 fully saturated rings. The summed E-state index contributed by atoms with van der Waals surface area (Å²) in [5, 5.41) is 3.37. The van der Waals surface area contributed by atoms with Crippen molar-refractivity contribution in [3.8, 4) is 0 Å². The fourth-order valence-electron chi connectivity index (χ4n) is 1.94. The van der Waals surface area contributed by atoms with Crippen molar-refractivity contribution < 1.29 is 4.74 Å². The van der Waals surface area contributed by atoms with Crippen LogP contribution in [0.1, 0.15) is 18.5 Å². The molecular formula is C11H20N4O. The molecule has 2 heterocycles. The van der Waals surface area contributed by atoms with Gasteiger partial charge in [0.05, 0.1) is 18.1 Å². The highest BCUT2D eigenvalue weighted by Gasteiger charge is 2.14. The number of hydrogen-bond acceptors (Lipinski definition) is 4. The normalized spacial score (nSPS) is 20.4. The van der Waals surface area contributed by atoms with Gasteiger partial charge in [-0.2, -0.15) is 0 Å². The third kappa shape index (κ3) is 3.30. The fourth-order valence-corrected chi connectivity index (χ4v) is 1.94. The van der Waals surface area contributed by atoms with Gasteiger partial charge >= 0.3 is 0 Å². The molecule has 1 aliphatic rings. The number of imidazole rings is 1. The standard InChI is InChI=1S/C11H20N4O/c12-3-4-15-8-10(14-9-15)6-13-7-11-2-1-5-16-11/h8-9,11,13H,1-7,12H2. The third-order valence-electron chi connectivity index (χ3n) is 2.78. The predicted molar refractivity (Wildman–Crippen MR) is 62.0 cm³/mol. The van der Waals surface area contributed by atoms with Gasteiger partial charge in [0, 0.05) is 39.0 Å². The van der Waals surface area contributed by atoms with E-state index in [1.54, 1.807) is 0 Å². The molecule has 5 heteroatoms. The monoisotopic (exact) mass is 224 g/mol. The maximum Gasteiger partial charge on any atom is 0.0950 e. The van der Waals surface area contributed by atoms with Crippen molar-refractivity contribution in [3.63, 3.8) is 0 Å². The summed E-state index contributed by atoms with van der Waals surface area (Å²) < 4.78 is 7.55. The van der Waals surface area contributed by atoms with Gasteiger partial charge < -0.3 is 20.4 Å². The Labute approximate surface area is 96.0 Å². The molecule has 3 N–H and O–H groups in total. The molecule has 0 spiro atoms. The zero-order chi connectivity index (χ0) is 11.2. The van der Waals surface area contributed by atoms with E-state index in [2.05, 4.69) is 10.3 Å². The first-order chi connectivity index (χ1) is 7.88. The highest BCUT2D eigenvalue weighted by molar-refractivity contribution is 4.96. The molecule has 0 amide bonds. The van der Waals surface area contributed by atoms with Crippen molar-refractivity contribution in [2.45, 2.75) is 32.0 Å². The first-order valence-electron chi connectivity index (χ1n) is 5.91. The van der Waals surface area contributed by atoms with Crippen molar-refractivity contribution in [1.29, 1.82) is 0 Å². The van der Waals surface area contributed by atoms with Crippen LogP contribution in [0.15, 0.2) is 12.5 Å². The van der Waals surface area contributed by atoms with Crippen LogP contribution < -0.4 is 11.1 Å². The first kappa shape index (κ1) is 11.6. The van der Waals surface area contributed by atoms with E-state index in [9.17, 15) is 0 Å². The molecular weight excluding hydrogens is 204 g/mol. The molecule has 0 radical (unpaired) electrons. The van der Waals surface area contributed by atoms with Crippen LogP contribution in [0.2, 0.25) is 0 Å². The molecule has 0 bridgehead atoms. The Morgan fingerprint density at radius 2 is 2.56 bits per heavy atom. The molecule has 1 aliphatic heterocycles. The summed E-state index contributed by atoms with van der Waals surface area (Å²) >= 11 is 0. The molecule has 1 atom stereocenters. The van der Waals surface area contributed by atoms with Gasteiger partial charge in [-0.25, -0.2) is 4.98 Å². The fraction of sp³-hybridized carbons (Fsp3) is 0.727. The summed E-state index contributed by atoms with van der Waals surface area (Å²) in [5.41, 5.74) is 6.53. The van der Waals surface area contributed by atoms with Crippen LogP contribution in [-0.4, -0.2) is 35.4 Å². The number of nitrogens with zero attached hydrogens (tertiary/aromatic N) is 2. The molecule has 90 valence electrons. The lowest BCUT2D eigenvalue weighted by molar-refractivity contribution is 0.110. The molecule has 0 saturated carbocycles. The SMILES string of the molecule is NCCn1cnc(CNCC2CCCO2)c1. The number of rotatable bonds is 6. The van der Waals surface area contributed by atoms with Crippen LogP contribution >= 0.6 is 0 Å². The summed E-state index contributed by atoms with van der Waals surface area (Å²) in [6.07, 6.45) is 6.63. The van der Waals surface area contributed by atoms with E-state index in [0.29, 0.717) is 12.6 Å². The Balaban J connectivity index is 1.67. The quantitative estimate of drug-likeness (QED) is 0.720. The Hall–Kier alpha value is -0.910. The molecule has 1 unspecified atom stereocenters. The van der Waals surface area contributed by atoms with Gasteiger partial charge in [0.2, 0.25) is 0 Å². The molecule has 0 aliphatic carbocycles. The minimum Gasteiger partial charge on any atom is -0.377 e. The smallest absolute Gasteiger partial charge is 0.0950 e. The van der Waals surface area contributed by atoms with Gasteiger partial charge in [0.1, 0.15) is 0 Å². The Kier molecular flexibility index (Phi) is 4.33. The van der Waals surface area contributed by atoms with Crippen LogP contribution in [0, 0.1) is 0 Å². The molecule has 1 aromatic rings. The molecule has 2 rings (SSSR count). The van der Waals surface area contributed by atoms with Crippen LogP contribution in [0.4, 0.5) is 0 Å². The van der Waals surface area contributed by atoms with Crippen LogP contribution in [0.25, 0.3) is 0 Å². The predicted octanol–water partition coefficient (Wildman–Crippen LogP) is 0.110. The molecule has 1 saturated heterocycles. The largest absolute Gasteiger partial charge is 0.377 e. The number of hydrogen-bond donors (Lipinski definition) is 2. The number of aromatic nitrogens is 2. The third-order valence-corrected chi connectivity index (χ3v) is 2.78. The lowest BCUT2D eigenvalue weighted by atomic mass is 10.2. The number of nitrogens with one attached hydrogen (secondary N) is 1. The Morgan fingerprint density at radius 3 is 3.31 bits per heavy atom. The van der Waals surface area contributed by atoms with Crippen molar-refractivity contribution in [2.24, 2.45) is 5.73 Å². The lowest BCUT2D eigenvalue weighted by Crippen LogP contribution is -2.25. The summed E-state index contributed by atoms with van der Waals surface area (Å²) in [6, 6.07) is 0. The highest BCUT2D eigenvalue weighted by atomic mass is 16.5. The van der Waals surface area contributed by atoms with Crippen LogP contribution in [0.5, 0.6) is 0 Å². The van der Waals surface area contributed by atoms with Crippen molar-refractivity contribution in [2.75, 3.05) is 19.7 Å². The van der Waals surface area contributed by atoms with E-state index in [1.807, 2.05) is 17.1 Å². The Morgan fingerprint density at radius 1 is 1.62 bits per heavy atom. The summed E-state index contributed by atoms with van der Waals surface area (Å²) in [7, 11) is 0. The second-order valence-corrected chi connectivity index (χ2v) is 4.16. The van der Waals surface area contributed by atoms with E-state index < -0.39 is 0 Å². The second kappa shape index (κ2) is 5.98. The number of nitrogens with two attached hydrogens (primary N) is 1. The number of ether oxygens (including phenoxy) is 1. The van der Waals surface area contributed by atoms with Gasteiger partial charge in [-0.05, 0) is 12.8 Å². The molecule has 0 aromatic carbocycles. The average Bonchev–Trinajstić information content (AvgIpc) is 2.90. The topological polar surface area (TPSA) is 65.1 Å². The van der Waals surface area contributed by atoms with Gasteiger partial charge in [-0.15, -0.1) is 0 Å². The molecule has 5 nitrogen and oxygen atoms in total. The van der Waals surface area contributed by atoms with Crippen LogP contribution in [0.3, 0.4) is 0 Å². The zero-order valence-electron chi connectivity index (χ0n) is 9.56. The van der Waals surface area contributed by atoms with Crippen LogP contribution in [-0.2, 0) is 17.8 Å². The maximum absolute atomic E-state index is 5.53. The molecule has 16 heavy (non-hydrogen) atoms. The lowest BCUT2D eigenvalue weighted by Gasteiger charge is -2.09. The summed E-state index contributed by atoms with van der Waals surface area (Å²) in [6.45, 7) is 4.12. The van der Waals surface area contributed by atoms with Gasteiger partial charge in [0.25, 0.3) is 0 Å². The van der Waals surface area contributed by atoms with E-state index in [-0.39, 0.29) is 0 Å². The van der Waals surface area contributed by atoms with E-state index >= 15 is 0 Å². The van der Waals surface area contributed by atoms with Gasteiger partial charge in [0.15, 0.2) is 0 Å². The molecule has 1 aromatic heterocycles. The van der Waals surface area contributed by atoms with Crippen molar-refractivity contribution >= 4 is 0 Å². The van der Waals surface area contributed by atoms with E-state index in [1.165, 1.54) is 12.8 Å². The van der Waals surface area contributed by atoms with Gasteiger partial charge in [-0.1, -0.05) is 0 Å². The van der Waals surface area contributed by atoms with Gasteiger partial charge in [-0.3, -0.25) is 0 Å². The minimum absolute atomic E-state index is 0.395. The average molecular weight is 224 g/mol.